The number of nitrogens with one attached hydrogen (secondary N) is 1. The molecule has 1 saturated heterocycles. The van der Waals surface area contributed by atoms with Crippen LogP contribution < -0.4 is 5.32 Å². The number of carbonyl (C=O) groups excluding carboxylic acids is 2. The number of hydrogen-bond donors (Lipinski definition) is 1. The molecule has 1 heterocycles. The van der Waals surface area contributed by atoms with E-state index in [1.807, 2.05) is 35.2 Å². The van der Waals surface area contributed by atoms with E-state index in [2.05, 4.69) is 5.32 Å². The third-order valence-electron chi connectivity index (χ3n) is 5.25. The molecule has 152 valence electrons. The van der Waals surface area contributed by atoms with Gasteiger partial charge in [0, 0.05) is 55.4 Å². The zero-order chi connectivity index (χ0) is 20.6. The Bertz CT molecular complexity index is 844. The number of anilines is 1. The normalized spacial score (nSPS) is 14.4. The quantitative estimate of drug-likeness (QED) is 0.317. The minimum absolute atomic E-state index is 0.00902. The molecule has 0 atom stereocenters. The molecule has 1 N–H and O–H groups in total. The fraction of sp³-hybridized carbons (Fsp3) is 0.364. The van der Waals surface area contributed by atoms with Crippen molar-refractivity contribution in [3.05, 3.63) is 70.3 Å². The van der Waals surface area contributed by atoms with Crippen LogP contribution in [0.25, 0.3) is 0 Å². The summed E-state index contributed by atoms with van der Waals surface area (Å²) in [6.07, 6.45) is 2.54. The fourth-order valence-electron chi connectivity index (χ4n) is 3.56. The number of hydrogen-bond acceptors (Lipinski definition) is 5. The van der Waals surface area contributed by atoms with Gasteiger partial charge in [0.15, 0.2) is 5.78 Å². The van der Waals surface area contributed by atoms with Gasteiger partial charge in [0.1, 0.15) is 0 Å². The van der Waals surface area contributed by atoms with Crippen LogP contribution >= 0.6 is 0 Å². The molecular formula is C22H25N3O4. The first-order valence-electron chi connectivity index (χ1n) is 9.90. The van der Waals surface area contributed by atoms with Gasteiger partial charge in [-0.15, -0.1) is 0 Å². The van der Waals surface area contributed by atoms with Crippen molar-refractivity contribution >= 4 is 23.1 Å². The first-order chi connectivity index (χ1) is 14.0. The van der Waals surface area contributed by atoms with Gasteiger partial charge in [0.2, 0.25) is 5.91 Å². The minimum Gasteiger partial charge on any atom is -0.385 e. The molecular weight excluding hydrogens is 370 g/mol. The zero-order valence-corrected chi connectivity index (χ0v) is 16.3. The Hall–Kier alpha value is -3.22. The lowest BCUT2D eigenvalue weighted by molar-refractivity contribution is -0.384. The summed E-state index contributed by atoms with van der Waals surface area (Å²) in [5, 5.41) is 13.8. The Balaban J connectivity index is 1.36. The van der Waals surface area contributed by atoms with Gasteiger partial charge >= 0.3 is 0 Å². The zero-order valence-electron chi connectivity index (χ0n) is 16.3. The van der Waals surface area contributed by atoms with Gasteiger partial charge in [-0.3, -0.25) is 19.7 Å². The number of amides is 1. The molecule has 0 bridgehead atoms. The molecule has 1 amide bonds. The summed E-state index contributed by atoms with van der Waals surface area (Å²) < 4.78 is 0. The maximum Gasteiger partial charge on any atom is 0.269 e. The molecule has 0 aromatic heterocycles. The number of rotatable bonds is 8. The molecule has 2 aromatic rings. The van der Waals surface area contributed by atoms with Crippen LogP contribution in [0.3, 0.4) is 0 Å². The van der Waals surface area contributed by atoms with Crippen molar-refractivity contribution in [3.8, 4) is 0 Å². The third kappa shape index (κ3) is 5.63. The SMILES string of the molecule is O=C(c1ccccc1)C1CCN(C(=O)CCCNc2ccc([N+](=O)[O-])cc2)CC1. The smallest absolute Gasteiger partial charge is 0.269 e. The molecule has 7 heteroatoms. The summed E-state index contributed by atoms with van der Waals surface area (Å²) in [4.78, 5) is 37.0. The van der Waals surface area contributed by atoms with Gasteiger partial charge in [-0.2, -0.15) is 0 Å². The Kier molecular flexibility index (Phi) is 6.94. The Labute approximate surface area is 169 Å². The lowest BCUT2D eigenvalue weighted by atomic mass is 9.89. The number of benzene rings is 2. The Morgan fingerprint density at radius 2 is 1.69 bits per heavy atom. The van der Waals surface area contributed by atoms with Crippen molar-refractivity contribution in [2.45, 2.75) is 25.7 Å². The standard InChI is InChI=1S/C22H25N3O4/c26-21(7-4-14-23-19-8-10-20(11-9-19)25(28)29)24-15-12-18(13-16-24)22(27)17-5-2-1-3-6-17/h1-3,5-6,8-11,18,23H,4,7,12-16H2. The van der Waals surface area contributed by atoms with Gasteiger partial charge < -0.3 is 10.2 Å². The van der Waals surface area contributed by atoms with Crippen molar-refractivity contribution in [2.75, 3.05) is 25.0 Å². The molecule has 7 nitrogen and oxygen atoms in total. The Morgan fingerprint density at radius 3 is 2.31 bits per heavy atom. The number of nitro benzene ring substituents is 1. The molecule has 0 spiro atoms. The highest BCUT2D eigenvalue weighted by Crippen LogP contribution is 2.22. The van der Waals surface area contributed by atoms with Crippen LogP contribution in [0, 0.1) is 16.0 Å². The summed E-state index contributed by atoms with van der Waals surface area (Å²) in [6.45, 7) is 1.86. The van der Waals surface area contributed by atoms with Gasteiger partial charge in [-0.1, -0.05) is 30.3 Å². The van der Waals surface area contributed by atoms with E-state index in [4.69, 9.17) is 0 Å². The van der Waals surface area contributed by atoms with Crippen LogP contribution in [0.2, 0.25) is 0 Å². The van der Waals surface area contributed by atoms with E-state index in [1.165, 1.54) is 12.1 Å². The van der Waals surface area contributed by atoms with Crippen molar-refractivity contribution in [1.29, 1.82) is 0 Å². The van der Waals surface area contributed by atoms with E-state index >= 15 is 0 Å². The van der Waals surface area contributed by atoms with E-state index in [1.54, 1.807) is 12.1 Å². The van der Waals surface area contributed by atoms with Gasteiger partial charge in [-0.05, 0) is 31.4 Å². The second-order valence-electron chi connectivity index (χ2n) is 7.22. The van der Waals surface area contributed by atoms with Crippen molar-refractivity contribution in [3.63, 3.8) is 0 Å². The van der Waals surface area contributed by atoms with Crippen LogP contribution in [0.4, 0.5) is 11.4 Å². The molecule has 0 aliphatic carbocycles. The number of nitro groups is 1. The number of non-ortho nitro benzene ring substituents is 1. The highest BCUT2D eigenvalue weighted by atomic mass is 16.6. The van der Waals surface area contributed by atoms with Crippen LogP contribution in [-0.4, -0.2) is 41.1 Å². The van der Waals surface area contributed by atoms with E-state index in [9.17, 15) is 19.7 Å². The molecule has 3 rings (SSSR count). The summed E-state index contributed by atoms with van der Waals surface area (Å²) >= 11 is 0. The number of piperidine rings is 1. The largest absolute Gasteiger partial charge is 0.385 e. The number of likely N-dealkylation sites (tertiary alicyclic amines) is 1. The molecule has 0 unspecified atom stereocenters. The second kappa shape index (κ2) is 9.82. The predicted molar refractivity (Wildman–Crippen MR) is 111 cm³/mol. The van der Waals surface area contributed by atoms with Crippen LogP contribution in [0.15, 0.2) is 54.6 Å². The van der Waals surface area contributed by atoms with Gasteiger partial charge in [0.05, 0.1) is 4.92 Å². The summed E-state index contributed by atoms with van der Waals surface area (Å²) in [7, 11) is 0. The van der Waals surface area contributed by atoms with Crippen LogP contribution in [0.5, 0.6) is 0 Å². The number of Topliss-reactive ketones (excluding diaryl/α,β-unsaturated/α-hetero) is 1. The second-order valence-corrected chi connectivity index (χ2v) is 7.22. The average molecular weight is 395 g/mol. The first-order valence-corrected chi connectivity index (χ1v) is 9.90. The third-order valence-corrected chi connectivity index (χ3v) is 5.25. The molecule has 29 heavy (non-hydrogen) atoms. The summed E-state index contributed by atoms with van der Waals surface area (Å²) in [6, 6.07) is 15.6. The summed E-state index contributed by atoms with van der Waals surface area (Å²) in [5.41, 5.74) is 1.60. The number of nitrogens with zero attached hydrogens (tertiary/aromatic N) is 2. The lowest BCUT2D eigenvalue weighted by Crippen LogP contribution is -2.40. The molecule has 0 radical (unpaired) electrons. The van der Waals surface area contributed by atoms with Crippen molar-refractivity contribution < 1.29 is 14.5 Å². The van der Waals surface area contributed by atoms with E-state index in [-0.39, 0.29) is 23.3 Å². The lowest BCUT2D eigenvalue weighted by Gasteiger charge is -2.31. The molecule has 0 saturated carbocycles. The van der Waals surface area contributed by atoms with Gasteiger partial charge in [0.25, 0.3) is 5.69 Å². The minimum atomic E-state index is -0.432. The monoisotopic (exact) mass is 395 g/mol. The summed E-state index contributed by atoms with van der Waals surface area (Å²) in [5.74, 6) is 0.274. The molecule has 2 aromatic carbocycles. The topological polar surface area (TPSA) is 92.6 Å². The Morgan fingerprint density at radius 1 is 1.03 bits per heavy atom. The van der Waals surface area contributed by atoms with E-state index in [0.29, 0.717) is 45.3 Å². The van der Waals surface area contributed by atoms with Crippen LogP contribution in [-0.2, 0) is 4.79 Å². The maximum atomic E-state index is 12.5. The maximum absolute atomic E-state index is 12.5. The highest BCUT2D eigenvalue weighted by molar-refractivity contribution is 5.98. The van der Waals surface area contributed by atoms with Crippen LogP contribution in [0.1, 0.15) is 36.0 Å². The van der Waals surface area contributed by atoms with E-state index in [0.717, 1.165) is 11.3 Å². The van der Waals surface area contributed by atoms with E-state index < -0.39 is 4.92 Å². The molecule has 1 aliphatic rings. The van der Waals surface area contributed by atoms with Crippen molar-refractivity contribution in [2.24, 2.45) is 5.92 Å². The first kappa shape index (κ1) is 20.5. The highest BCUT2D eigenvalue weighted by Gasteiger charge is 2.27. The number of carbonyl (C=O) groups is 2. The fourth-order valence-corrected chi connectivity index (χ4v) is 3.56. The number of ketones is 1. The average Bonchev–Trinajstić information content (AvgIpc) is 2.77. The molecule has 1 aliphatic heterocycles. The predicted octanol–water partition coefficient (Wildman–Crippen LogP) is 3.91. The van der Waals surface area contributed by atoms with Crippen molar-refractivity contribution in [1.82, 2.24) is 4.90 Å². The van der Waals surface area contributed by atoms with Gasteiger partial charge in [-0.25, -0.2) is 0 Å². The molecule has 1 fully saturated rings.